The summed E-state index contributed by atoms with van der Waals surface area (Å²) < 4.78 is 16.3. The lowest BCUT2D eigenvalue weighted by molar-refractivity contribution is -0.134. The second-order valence-corrected chi connectivity index (χ2v) is 7.18. The minimum Gasteiger partial charge on any atom is -0.338 e. The number of hydrogen-bond donors (Lipinski definition) is 0. The summed E-state index contributed by atoms with van der Waals surface area (Å²) in [7, 11) is 0. The summed E-state index contributed by atoms with van der Waals surface area (Å²) in [4.78, 5) is 31.2. The highest BCUT2D eigenvalue weighted by Gasteiger charge is 2.36. The summed E-state index contributed by atoms with van der Waals surface area (Å²) in [6, 6.07) is 2.85. The molecule has 0 radical (unpaired) electrons. The van der Waals surface area contributed by atoms with E-state index < -0.39 is 12.2 Å². The Balaban J connectivity index is 1.62. The molecule has 1 amide bonds. The number of fused-ring (bicyclic) bond motifs is 1. The predicted molar refractivity (Wildman–Crippen MR) is 92.9 cm³/mol. The van der Waals surface area contributed by atoms with Crippen LogP contribution in [0.15, 0.2) is 23.1 Å². The number of aromatic nitrogens is 4. The number of alkyl halides is 1. The minimum atomic E-state index is -0.973. The zero-order chi connectivity index (χ0) is 18.3. The van der Waals surface area contributed by atoms with Crippen molar-refractivity contribution in [3.8, 4) is 0 Å². The van der Waals surface area contributed by atoms with Crippen LogP contribution in [0.25, 0.3) is 0 Å². The maximum atomic E-state index is 13.5. The van der Waals surface area contributed by atoms with E-state index in [-0.39, 0.29) is 24.7 Å². The number of nitrogens with zero attached hydrogens (tertiary/aromatic N) is 5. The van der Waals surface area contributed by atoms with Gasteiger partial charge in [0.1, 0.15) is 23.2 Å². The van der Waals surface area contributed by atoms with Crippen LogP contribution in [-0.4, -0.2) is 49.4 Å². The van der Waals surface area contributed by atoms with Crippen molar-refractivity contribution >= 4 is 17.5 Å². The summed E-state index contributed by atoms with van der Waals surface area (Å²) in [5.74, 6) is 0.429. The maximum Gasteiger partial charge on any atom is 0.346 e. The summed E-state index contributed by atoms with van der Waals surface area (Å²) in [6.07, 6.45) is 3.00. The van der Waals surface area contributed by atoms with Gasteiger partial charge in [0.2, 0.25) is 5.91 Å². The molecule has 0 aromatic carbocycles. The Morgan fingerprint density at radius 1 is 1.35 bits per heavy atom. The van der Waals surface area contributed by atoms with E-state index >= 15 is 0 Å². The Bertz CT molecular complexity index is 878. The van der Waals surface area contributed by atoms with Crippen LogP contribution in [0, 0.1) is 0 Å². The summed E-state index contributed by atoms with van der Waals surface area (Å²) in [6.45, 7) is 0.787. The molecule has 1 saturated heterocycles. The molecule has 2 aromatic rings. The number of aryl methyl sites for hydroxylation is 1. The first-order valence-corrected chi connectivity index (χ1v) is 9.12. The number of rotatable bonds is 3. The van der Waals surface area contributed by atoms with Gasteiger partial charge in [-0.2, -0.15) is 5.10 Å². The molecular formula is C17H19ClFN5O2. The van der Waals surface area contributed by atoms with E-state index in [0.29, 0.717) is 36.8 Å². The van der Waals surface area contributed by atoms with Gasteiger partial charge in [0.25, 0.3) is 0 Å². The van der Waals surface area contributed by atoms with Crippen molar-refractivity contribution in [1.29, 1.82) is 0 Å². The van der Waals surface area contributed by atoms with Crippen LogP contribution >= 0.6 is 11.6 Å². The first-order chi connectivity index (χ1) is 12.5. The third-order valence-corrected chi connectivity index (χ3v) is 5.20. The molecule has 7 nitrogen and oxygen atoms in total. The lowest BCUT2D eigenvalue weighted by Crippen LogP contribution is -2.41. The molecule has 26 heavy (non-hydrogen) atoms. The first kappa shape index (κ1) is 17.2. The first-order valence-electron chi connectivity index (χ1n) is 8.74. The van der Waals surface area contributed by atoms with Gasteiger partial charge in [0, 0.05) is 19.2 Å². The summed E-state index contributed by atoms with van der Waals surface area (Å²) >= 11 is 5.79. The Morgan fingerprint density at radius 2 is 2.19 bits per heavy atom. The highest BCUT2D eigenvalue weighted by atomic mass is 35.5. The van der Waals surface area contributed by atoms with Gasteiger partial charge < -0.3 is 4.90 Å². The lowest BCUT2D eigenvalue weighted by atomic mass is 10.0. The summed E-state index contributed by atoms with van der Waals surface area (Å²) in [5.41, 5.74) is 0.485. The Morgan fingerprint density at radius 3 is 2.88 bits per heavy atom. The Labute approximate surface area is 154 Å². The van der Waals surface area contributed by atoms with Gasteiger partial charge in [-0.05, 0) is 30.9 Å². The van der Waals surface area contributed by atoms with E-state index in [4.69, 9.17) is 11.6 Å². The largest absolute Gasteiger partial charge is 0.346 e. The summed E-state index contributed by atoms with van der Waals surface area (Å²) in [5, 5.41) is 4.79. The van der Waals surface area contributed by atoms with E-state index in [1.807, 2.05) is 0 Å². The van der Waals surface area contributed by atoms with E-state index in [0.717, 1.165) is 12.0 Å². The van der Waals surface area contributed by atoms with E-state index in [9.17, 15) is 14.0 Å². The molecule has 0 spiro atoms. The van der Waals surface area contributed by atoms with Crippen molar-refractivity contribution in [2.45, 2.75) is 44.4 Å². The molecule has 0 N–H and O–H groups in total. The fraction of sp³-hybridized carbons (Fsp3) is 0.529. The van der Waals surface area contributed by atoms with Crippen molar-refractivity contribution in [3.05, 3.63) is 45.4 Å². The van der Waals surface area contributed by atoms with Crippen LogP contribution in [0.1, 0.15) is 36.7 Å². The van der Waals surface area contributed by atoms with Gasteiger partial charge >= 0.3 is 5.69 Å². The molecular weight excluding hydrogens is 361 g/mol. The Kier molecular flexibility index (Phi) is 4.52. The van der Waals surface area contributed by atoms with Crippen LogP contribution < -0.4 is 5.69 Å². The molecule has 4 heterocycles. The van der Waals surface area contributed by atoms with Crippen LogP contribution in [0.2, 0.25) is 5.15 Å². The molecule has 2 aromatic heterocycles. The topological polar surface area (TPSA) is 73.0 Å². The quantitative estimate of drug-likeness (QED) is 0.759. The minimum absolute atomic E-state index is 0.115. The average molecular weight is 380 g/mol. The molecule has 0 bridgehead atoms. The zero-order valence-electron chi connectivity index (χ0n) is 14.1. The maximum absolute atomic E-state index is 13.5. The van der Waals surface area contributed by atoms with Gasteiger partial charge in [-0.1, -0.05) is 17.7 Å². The van der Waals surface area contributed by atoms with Gasteiger partial charge in [-0.15, -0.1) is 0 Å². The third-order valence-electron chi connectivity index (χ3n) is 4.98. The highest BCUT2D eigenvalue weighted by molar-refractivity contribution is 6.29. The number of halogens is 2. The Hall–Kier alpha value is -2.22. The second-order valence-electron chi connectivity index (χ2n) is 6.79. The smallest absolute Gasteiger partial charge is 0.338 e. The van der Waals surface area contributed by atoms with Gasteiger partial charge in [0.05, 0.1) is 13.1 Å². The van der Waals surface area contributed by atoms with Crippen LogP contribution in [-0.2, 0) is 17.8 Å². The van der Waals surface area contributed by atoms with Crippen molar-refractivity contribution in [2.75, 3.05) is 13.1 Å². The standard InChI is InChI=1S/C17H19ClFN5O2/c18-14-5-4-11(8-20-14)9-23-17(26)24-13(2-1-3-15(24)21-23)16(25)22-7-6-12(19)10-22/h4-5,8,12-13H,1-3,6-7,9-10H2/t12-,13+/m0/s1. The highest BCUT2D eigenvalue weighted by Crippen LogP contribution is 2.26. The molecule has 0 saturated carbocycles. The predicted octanol–water partition coefficient (Wildman–Crippen LogP) is 1.59. The number of hydrogen-bond acceptors (Lipinski definition) is 4. The number of amides is 1. The van der Waals surface area contributed by atoms with Crippen molar-refractivity contribution in [2.24, 2.45) is 0 Å². The van der Waals surface area contributed by atoms with Crippen LogP contribution in [0.4, 0.5) is 4.39 Å². The van der Waals surface area contributed by atoms with Crippen molar-refractivity contribution in [1.82, 2.24) is 24.2 Å². The van der Waals surface area contributed by atoms with Crippen LogP contribution in [0.3, 0.4) is 0 Å². The molecule has 0 unspecified atom stereocenters. The second kappa shape index (κ2) is 6.83. The van der Waals surface area contributed by atoms with E-state index in [2.05, 4.69) is 10.1 Å². The molecule has 9 heteroatoms. The average Bonchev–Trinajstić information content (AvgIpc) is 3.20. The monoisotopic (exact) mass is 379 g/mol. The lowest BCUT2D eigenvalue weighted by Gasteiger charge is -2.26. The number of pyridine rings is 1. The van der Waals surface area contributed by atoms with E-state index in [1.54, 1.807) is 18.3 Å². The van der Waals surface area contributed by atoms with Crippen LogP contribution in [0.5, 0.6) is 0 Å². The third kappa shape index (κ3) is 3.13. The van der Waals surface area contributed by atoms with Gasteiger partial charge in [-0.25, -0.2) is 18.9 Å². The molecule has 2 aliphatic rings. The number of carbonyl (C=O) groups is 1. The molecule has 0 aliphatic carbocycles. The number of carbonyl (C=O) groups excluding carboxylic acids is 1. The van der Waals surface area contributed by atoms with Crippen molar-refractivity contribution < 1.29 is 9.18 Å². The zero-order valence-corrected chi connectivity index (χ0v) is 14.9. The fourth-order valence-corrected chi connectivity index (χ4v) is 3.78. The van der Waals surface area contributed by atoms with E-state index in [1.165, 1.54) is 14.1 Å². The molecule has 1 fully saturated rings. The molecule has 2 aliphatic heterocycles. The molecule has 2 atom stereocenters. The number of likely N-dealkylation sites (tertiary alicyclic amines) is 1. The molecule has 4 rings (SSSR count). The fourth-order valence-electron chi connectivity index (χ4n) is 3.67. The normalized spacial score (nSPS) is 22.5. The van der Waals surface area contributed by atoms with Gasteiger partial charge in [-0.3, -0.25) is 9.36 Å². The van der Waals surface area contributed by atoms with Crippen molar-refractivity contribution in [3.63, 3.8) is 0 Å². The molecule has 138 valence electrons. The van der Waals surface area contributed by atoms with Gasteiger partial charge in [0.15, 0.2) is 0 Å². The SMILES string of the molecule is O=C([C@H]1CCCc2nn(Cc3ccc(Cl)nc3)c(=O)n21)N1CC[C@H](F)C1.